The van der Waals surface area contributed by atoms with Crippen LogP contribution in [0.5, 0.6) is 0 Å². The smallest absolute Gasteiger partial charge is 0.253 e. The van der Waals surface area contributed by atoms with E-state index in [1.165, 1.54) is 0 Å². The molecular formula is C24H23N3O3. The minimum atomic E-state index is 0.0216. The molecule has 4 aromatic rings. The monoisotopic (exact) mass is 401 g/mol. The fourth-order valence-corrected chi connectivity index (χ4v) is 4.22. The van der Waals surface area contributed by atoms with E-state index < -0.39 is 0 Å². The number of carbonyl (C=O) groups excluding carboxylic acids is 1. The largest absolute Gasteiger partial charge is 0.446 e. The first kappa shape index (κ1) is 18.6. The van der Waals surface area contributed by atoms with Gasteiger partial charge in [0.05, 0.1) is 6.20 Å². The maximum atomic E-state index is 13.0. The lowest BCUT2D eigenvalue weighted by molar-refractivity contribution is 0.0733. The Bertz CT molecular complexity index is 1160. The molecule has 1 aliphatic carbocycles. The van der Waals surface area contributed by atoms with Crippen LogP contribution in [-0.4, -0.2) is 33.9 Å². The van der Waals surface area contributed by atoms with E-state index in [0.29, 0.717) is 11.5 Å². The molecule has 2 heterocycles. The molecule has 0 bridgehead atoms. The second-order valence-corrected chi connectivity index (χ2v) is 7.95. The van der Waals surface area contributed by atoms with E-state index in [4.69, 9.17) is 8.83 Å². The number of aryl methyl sites for hydroxylation is 1. The first-order valence-corrected chi connectivity index (χ1v) is 10.2. The molecule has 2 aromatic heterocycles. The topological polar surface area (TPSA) is 72.4 Å². The Labute approximate surface area is 174 Å². The predicted octanol–water partition coefficient (Wildman–Crippen LogP) is 5.20. The van der Waals surface area contributed by atoms with E-state index >= 15 is 0 Å². The van der Waals surface area contributed by atoms with Crippen LogP contribution in [0.2, 0.25) is 0 Å². The molecule has 1 amide bonds. The van der Waals surface area contributed by atoms with Gasteiger partial charge in [-0.1, -0.05) is 12.1 Å². The summed E-state index contributed by atoms with van der Waals surface area (Å²) in [6.45, 7) is 1.91. The minimum absolute atomic E-state index is 0.0216. The van der Waals surface area contributed by atoms with Crippen LogP contribution in [0.3, 0.4) is 0 Å². The van der Waals surface area contributed by atoms with Crippen molar-refractivity contribution in [3.8, 4) is 11.5 Å². The molecule has 0 unspecified atom stereocenters. The van der Waals surface area contributed by atoms with Gasteiger partial charge >= 0.3 is 0 Å². The lowest BCUT2D eigenvalue weighted by Crippen LogP contribution is -2.35. The Hall–Kier alpha value is -3.41. The average molecular weight is 401 g/mol. The number of carbonyl (C=O) groups is 1. The third-order valence-electron chi connectivity index (χ3n) is 5.93. The van der Waals surface area contributed by atoms with Gasteiger partial charge in [0.2, 0.25) is 5.89 Å². The molecule has 6 nitrogen and oxygen atoms in total. The number of benzene rings is 2. The van der Waals surface area contributed by atoms with E-state index in [9.17, 15) is 4.79 Å². The Morgan fingerprint density at radius 2 is 1.87 bits per heavy atom. The van der Waals surface area contributed by atoms with Crippen molar-refractivity contribution in [1.29, 1.82) is 0 Å². The number of oxazole rings is 2. The van der Waals surface area contributed by atoms with Gasteiger partial charge in [-0.3, -0.25) is 4.79 Å². The summed E-state index contributed by atoms with van der Waals surface area (Å²) in [7, 11) is 1.88. The summed E-state index contributed by atoms with van der Waals surface area (Å²) in [6, 6.07) is 15.3. The normalized spacial score (nSPS) is 18.7. The van der Waals surface area contributed by atoms with E-state index in [1.54, 1.807) is 6.20 Å². The van der Waals surface area contributed by atoms with E-state index in [2.05, 4.69) is 9.97 Å². The van der Waals surface area contributed by atoms with Gasteiger partial charge in [-0.05, 0) is 62.6 Å². The maximum Gasteiger partial charge on any atom is 0.253 e. The molecule has 0 N–H and O–H groups in total. The van der Waals surface area contributed by atoms with Gasteiger partial charge in [-0.15, -0.1) is 0 Å². The summed E-state index contributed by atoms with van der Waals surface area (Å²) >= 11 is 0. The van der Waals surface area contributed by atoms with Crippen LogP contribution in [0.25, 0.3) is 22.6 Å². The highest BCUT2D eigenvalue weighted by atomic mass is 16.4. The van der Waals surface area contributed by atoms with Gasteiger partial charge in [0.15, 0.2) is 11.5 Å². The molecule has 2 atom stereocenters. The summed E-state index contributed by atoms with van der Waals surface area (Å²) in [5.41, 5.74) is 3.09. The van der Waals surface area contributed by atoms with Crippen molar-refractivity contribution in [2.45, 2.75) is 38.1 Å². The molecule has 0 radical (unpaired) electrons. The maximum absolute atomic E-state index is 13.0. The number of nitrogens with zero attached hydrogens (tertiary/aromatic N) is 3. The number of rotatable bonds is 4. The van der Waals surface area contributed by atoms with E-state index in [0.717, 1.165) is 47.6 Å². The number of hydrogen-bond donors (Lipinski definition) is 0. The summed E-state index contributed by atoms with van der Waals surface area (Å²) in [5.74, 6) is 2.48. The number of fused-ring (bicyclic) bond motifs is 1. The number of amides is 1. The van der Waals surface area contributed by atoms with Crippen LogP contribution in [0, 0.1) is 6.92 Å². The fourth-order valence-electron chi connectivity index (χ4n) is 4.22. The average Bonchev–Trinajstić information content (AvgIpc) is 3.51. The van der Waals surface area contributed by atoms with Crippen molar-refractivity contribution >= 4 is 17.0 Å². The Morgan fingerprint density at radius 1 is 1.07 bits per heavy atom. The van der Waals surface area contributed by atoms with Crippen LogP contribution in [0.4, 0.5) is 0 Å². The zero-order chi connectivity index (χ0) is 20.7. The van der Waals surface area contributed by atoms with E-state index in [-0.39, 0.29) is 17.9 Å². The van der Waals surface area contributed by atoms with Crippen molar-refractivity contribution in [3.05, 3.63) is 71.9 Å². The second-order valence-electron chi connectivity index (χ2n) is 7.95. The molecule has 0 spiro atoms. The fraction of sp³-hybridized carbons (Fsp3) is 0.292. The first-order valence-electron chi connectivity index (χ1n) is 10.2. The van der Waals surface area contributed by atoms with Crippen molar-refractivity contribution in [2.75, 3.05) is 7.05 Å². The molecule has 2 aromatic carbocycles. The highest BCUT2D eigenvalue weighted by Gasteiger charge is 2.33. The van der Waals surface area contributed by atoms with Gasteiger partial charge in [0.1, 0.15) is 11.3 Å². The van der Waals surface area contributed by atoms with Gasteiger partial charge in [0, 0.05) is 30.1 Å². The van der Waals surface area contributed by atoms with Crippen LogP contribution in [0.15, 0.2) is 63.6 Å². The van der Waals surface area contributed by atoms with Crippen LogP contribution in [0.1, 0.15) is 47.2 Å². The highest BCUT2D eigenvalue weighted by Crippen LogP contribution is 2.36. The molecule has 1 aliphatic rings. The second kappa shape index (κ2) is 7.44. The summed E-state index contributed by atoms with van der Waals surface area (Å²) < 4.78 is 11.5. The lowest BCUT2D eigenvalue weighted by atomic mass is 10.1. The number of hydrogen-bond acceptors (Lipinski definition) is 5. The quantitative estimate of drug-likeness (QED) is 0.470. The van der Waals surface area contributed by atoms with Crippen molar-refractivity contribution in [2.24, 2.45) is 0 Å². The van der Waals surface area contributed by atoms with Crippen LogP contribution in [-0.2, 0) is 0 Å². The molecule has 6 heteroatoms. The number of para-hydroxylation sites is 2. The number of aromatic nitrogens is 2. The lowest BCUT2D eigenvalue weighted by Gasteiger charge is -2.24. The Morgan fingerprint density at radius 3 is 2.60 bits per heavy atom. The van der Waals surface area contributed by atoms with Crippen molar-refractivity contribution < 1.29 is 13.6 Å². The zero-order valence-corrected chi connectivity index (χ0v) is 17.0. The summed E-state index contributed by atoms with van der Waals surface area (Å²) in [5, 5.41) is 0. The minimum Gasteiger partial charge on any atom is -0.446 e. The Kier molecular flexibility index (Phi) is 4.62. The van der Waals surface area contributed by atoms with Gasteiger partial charge in [0.25, 0.3) is 5.91 Å². The predicted molar refractivity (Wildman–Crippen MR) is 113 cm³/mol. The first-order chi connectivity index (χ1) is 14.6. The van der Waals surface area contributed by atoms with Crippen molar-refractivity contribution in [3.63, 3.8) is 0 Å². The standard InChI is InChI=1S/C24H23N3O3/c1-15-14-25-22(29-15)18-11-12-19(13-18)27(2)24(28)17-9-7-16(8-10-17)23-26-20-5-3-4-6-21(20)30-23/h3-10,14,18-19H,11-13H2,1-2H3/t18-,19+/m0/s1. The highest BCUT2D eigenvalue weighted by molar-refractivity contribution is 5.94. The zero-order valence-electron chi connectivity index (χ0n) is 17.0. The van der Waals surface area contributed by atoms with E-state index in [1.807, 2.05) is 67.4 Å². The third-order valence-corrected chi connectivity index (χ3v) is 5.93. The van der Waals surface area contributed by atoms with Gasteiger partial charge < -0.3 is 13.7 Å². The molecule has 5 rings (SSSR count). The molecule has 1 fully saturated rings. The van der Waals surface area contributed by atoms with Gasteiger partial charge in [-0.2, -0.15) is 0 Å². The molecule has 1 saturated carbocycles. The SMILES string of the molecule is Cc1cnc([C@H]2CC[C@@H](N(C)C(=O)c3ccc(-c4nc5ccccc5o4)cc3)C2)o1. The molecule has 0 aliphatic heterocycles. The Balaban J connectivity index is 1.29. The molecule has 0 saturated heterocycles. The van der Waals surface area contributed by atoms with Crippen LogP contribution < -0.4 is 0 Å². The molecule has 30 heavy (non-hydrogen) atoms. The summed E-state index contributed by atoms with van der Waals surface area (Å²) in [4.78, 5) is 23.7. The third kappa shape index (κ3) is 3.38. The molecule has 152 valence electrons. The van der Waals surface area contributed by atoms with Crippen LogP contribution >= 0.6 is 0 Å². The summed E-state index contributed by atoms with van der Waals surface area (Å²) in [6.07, 6.45) is 4.58. The van der Waals surface area contributed by atoms with Crippen molar-refractivity contribution in [1.82, 2.24) is 14.9 Å². The van der Waals surface area contributed by atoms with Gasteiger partial charge in [-0.25, -0.2) is 9.97 Å². The molecular weight excluding hydrogens is 378 g/mol.